The summed E-state index contributed by atoms with van der Waals surface area (Å²) >= 11 is 0. The normalized spacial score (nSPS) is 27.4. The Kier molecular flexibility index (Phi) is 5.35. The SMILES string of the molecule is COCC(=O)N1CC[C@@H]2[C@@H](CO[C@H]2CN(C)Cc2ccco2)C1. The van der Waals surface area contributed by atoms with Crippen LogP contribution < -0.4 is 0 Å². The van der Waals surface area contributed by atoms with Gasteiger partial charge < -0.3 is 18.8 Å². The van der Waals surface area contributed by atoms with Crippen LogP contribution in [0.5, 0.6) is 0 Å². The molecule has 0 spiro atoms. The third-order valence-corrected chi connectivity index (χ3v) is 4.91. The first-order chi connectivity index (χ1) is 11.2. The van der Waals surface area contributed by atoms with Crippen molar-refractivity contribution in [3.8, 4) is 0 Å². The Balaban J connectivity index is 1.50. The number of likely N-dealkylation sites (tertiary alicyclic amines) is 1. The fraction of sp³-hybridized carbons (Fsp3) is 0.706. The molecular weight excluding hydrogens is 296 g/mol. The maximum absolute atomic E-state index is 12.0. The molecule has 3 atom stereocenters. The van der Waals surface area contributed by atoms with Crippen molar-refractivity contribution in [1.29, 1.82) is 0 Å². The topological polar surface area (TPSA) is 55.1 Å². The van der Waals surface area contributed by atoms with Crippen LogP contribution in [0.4, 0.5) is 0 Å². The van der Waals surface area contributed by atoms with Crippen molar-refractivity contribution in [2.45, 2.75) is 19.1 Å². The third kappa shape index (κ3) is 3.94. The van der Waals surface area contributed by atoms with E-state index in [0.717, 1.165) is 45.0 Å². The van der Waals surface area contributed by atoms with Gasteiger partial charge in [-0.15, -0.1) is 0 Å². The summed E-state index contributed by atoms with van der Waals surface area (Å²) < 4.78 is 16.4. The largest absolute Gasteiger partial charge is 0.468 e. The third-order valence-electron chi connectivity index (χ3n) is 4.91. The van der Waals surface area contributed by atoms with Crippen LogP contribution in [0.15, 0.2) is 22.8 Å². The van der Waals surface area contributed by atoms with Gasteiger partial charge in [0.2, 0.25) is 5.91 Å². The van der Waals surface area contributed by atoms with E-state index >= 15 is 0 Å². The number of rotatable bonds is 6. The van der Waals surface area contributed by atoms with Crippen molar-refractivity contribution in [1.82, 2.24) is 9.80 Å². The summed E-state index contributed by atoms with van der Waals surface area (Å²) in [5, 5.41) is 0. The van der Waals surface area contributed by atoms with Gasteiger partial charge in [-0.3, -0.25) is 9.69 Å². The number of hydrogen-bond donors (Lipinski definition) is 0. The molecule has 0 saturated carbocycles. The highest BCUT2D eigenvalue weighted by Gasteiger charge is 2.41. The van der Waals surface area contributed by atoms with E-state index in [0.29, 0.717) is 11.8 Å². The molecule has 0 radical (unpaired) electrons. The number of ether oxygens (including phenoxy) is 2. The molecule has 2 aliphatic heterocycles. The second kappa shape index (κ2) is 7.47. The molecule has 1 amide bonds. The Morgan fingerprint density at radius 3 is 3.13 bits per heavy atom. The molecule has 0 aromatic carbocycles. The predicted octanol–water partition coefficient (Wildman–Crippen LogP) is 1.22. The van der Waals surface area contributed by atoms with E-state index in [1.807, 2.05) is 17.0 Å². The summed E-state index contributed by atoms with van der Waals surface area (Å²) in [5.74, 6) is 2.05. The van der Waals surface area contributed by atoms with Crippen LogP contribution in [0, 0.1) is 11.8 Å². The van der Waals surface area contributed by atoms with Crippen LogP contribution in [0.2, 0.25) is 0 Å². The average Bonchev–Trinajstić information content (AvgIpc) is 3.17. The molecule has 0 bridgehead atoms. The van der Waals surface area contributed by atoms with Crippen LogP contribution >= 0.6 is 0 Å². The highest BCUT2D eigenvalue weighted by molar-refractivity contribution is 5.77. The fourth-order valence-electron chi connectivity index (χ4n) is 3.76. The summed E-state index contributed by atoms with van der Waals surface area (Å²) in [6.45, 7) is 4.22. The Hall–Kier alpha value is -1.37. The molecule has 1 aromatic rings. The van der Waals surface area contributed by atoms with Gasteiger partial charge in [0.1, 0.15) is 12.4 Å². The standard InChI is InChI=1S/C17H26N2O4/c1-18(9-14-4-3-7-22-14)10-16-15-5-6-19(17(20)12-21-2)8-13(15)11-23-16/h3-4,7,13,15-16H,5-6,8-12H2,1-2H3/t13-,15-,16+/m1/s1. The Morgan fingerprint density at radius 2 is 2.39 bits per heavy atom. The predicted molar refractivity (Wildman–Crippen MR) is 84.8 cm³/mol. The molecule has 3 rings (SSSR count). The van der Waals surface area contributed by atoms with Crippen LogP contribution in [0.3, 0.4) is 0 Å². The summed E-state index contributed by atoms with van der Waals surface area (Å²) in [6, 6.07) is 3.91. The van der Waals surface area contributed by atoms with E-state index < -0.39 is 0 Å². The molecule has 2 aliphatic rings. The maximum atomic E-state index is 12.0. The Bertz CT molecular complexity index is 505. The minimum absolute atomic E-state index is 0.0873. The number of piperidine rings is 1. The smallest absolute Gasteiger partial charge is 0.248 e. The molecule has 0 unspecified atom stereocenters. The monoisotopic (exact) mass is 322 g/mol. The van der Waals surface area contributed by atoms with Crippen LogP contribution in [0.25, 0.3) is 0 Å². The second-order valence-corrected chi connectivity index (χ2v) is 6.63. The molecule has 0 aliphatic carbocycles. The second-order valence-electron chi connectivity index (χ2n) is 6.63. The van der Waals surface area contributed by atoms with Gasteiger partial charge in [-0.25, -0.2) is 0 Å². The lowest BCUT2D eigenvalue weighted by Crippen LogP contribution is -2.46. The van der Waals surface area contributed by atoms with E-state index in [-0.39, 0.29) is 18.6 Å². The zero-order valence-electron chi connectivity index (χ0n) is 13.9. The van der Waals surface area contributed by atoms with Gasteiger partial charge in [-0.05, 0) is 31.5 Å². The lowest BCUT2D eigenvalue weighted by molar-refractivity contribution is -0.137. The first-order valence-corrected chi connectivity index (χ1v) is 8.26. The summed E-state index contributed by atoms with van der Waals surface area (Å²) in [5.41, 5.74) is 0. The highest BCUT2D eigenvalue weighted by atomic mass is 16.5. The number of carbonyl (C=O) groups is 1. The van der Waals surface area contributed by atoms with Crippen molar-refractivity contribution in [3.05, 3.63) is 24.2 Å². The van der Waals surface area contributed by atoms with Gasteiger partial charge in [0.15, 0.2) is 0 Å². The summed E-state index contributed by atoms with van der Waals surface area (Å²) in [7, 11) is 3.66. The van der Waals surface area contributed by atoms with Crippen molar-refractivity contribution in [2.75, 3.05) is 47.0 Å². The molecule has 6 heteroatoms. The van der Waals surface area contributed by atoms with Crippen LogP contribution in [-0.4, -0.2) is 68.8 Å². The summed E-state index contributed by atoms with van der Waals surface area (Å²) in [6.07, 6.45) is 2.97. The van der Waals surface area contributed by atoms with Gasteiger partial charge in [0.05, 0.1) is 25.5 Å². The van der Waals surface area contributed by atoms with Crippen molar-refractivity contribution >= 4 is 5.91 Å². The first-order valence-electron chi connectivity index (χ1n) is 8.26. The Labute approximate surface area is 137 Å². The average molecular weight is 322 g/mol. The number of fused-ring (bicyclic) bond motifs is 1. The molecule has 3 heterocycles. The lowest BCUT2D eigenvalue weighted by atomic mass is 9.84. The number of furan rings is 1. The molecule has 2 saturated heterocycles. The minimum Gasteiger partial charge on any atom is -0.468 e. The quantitative estimate of drug-likeness (QED) is 0.788. The zero-order chi connectivity index (χ0) is 16.2. The Morgan fingerprint density at radius 1 is 1.52 bits per heavy atom. The minimum atomic E-state index is 0.0873. The fourth-order valence-corrected chi connectivity index (χ4v) is 3.76. The molecule has 0 N–H and O–H groups in total. The van der Waals surface area contributed by atoms with E-state index in [9.17, 15) is 4.79 Å². The van der Waals surface area contributed by atoms with E-state index in [1.54, 1.807) is 13.4 Å². The van der Waals surface area contributed by atoms with E-state index in [4.69, 9.17) is 13.9 Å². The number of amides is 1. The molecule has 1 aromatic heterocycles. The number of hydrogen-bond acceptors (Lipinski definition) is 5. The lowest BCUT2D eigenvalue weighted by Gasteiger charge is -2.36. The molecule has 128 valence electrons. The first kappa shape index (κ1) is 16.5. The van der Waals surface area contributed by atoms with Gasteiger partial charge in [-0.2, -0.15) is 0 Å². The van der Waals surface area contributed by atoms with Gasteiger partial charge >= 0.3 is 0 Å². The molecule has 23 heavy (non-hydrogen) atoms. The molecule has 2 fully saturated rings. The van der Waals surface area contributed by atoms with Crippen molar-refractivity contribution in [2.24, 2.45) is 11.8 Å². The van der Waals surface area contributed by atoms with Crippen LogP contribution in [0.1, 0.15) is 12.2 Å². The van der Waals surface area contributed by atoms with Crippen molar-refractivity contribution in [3.63, 3.8) is 0 Å². The van der Waals surface area contributed by atoms with E-state index in [2.05, 4.69) is 11.9 Å². The van der Waals surface area contributed by atoms with Gasteiger partial charge in [0, 0.05) is 32.7 Å². The number of likely N-dealkylation sites (N-methyl/N-ethyl adjacent to an activating group) is 1. The van der Waals surface area contributed by atoms with Gasteiger partial charge in [0.25, 0.3) is 0 Å². The number of carbonyl (C=O) groups excluding carboxylic acids is 1. The highest BCUT2D eigenvalue weighted by Crippen LogP contribution is 2.34. The van der Waals surface area contributed by atoms with Crippen LogP contribution in [-0.2, 0) is 20.8 Å². The van der Waals surface area contributed by atoms with E-state index in [1.165, 1.54) is 0 Å². The summed E-state index contributed by atoms with van der Waals surface area (Å²) in [4.78, 5) is 16.1. The van der Waals surface area contributed by atoms with Crippen molar-refractivity contribution < 1.29 is 18.7 Å². The zero-order valence-corrected chi connectivity index (χ0v) is 13.9. The van der Waals surface area contributed by atoms with Gasteiger partial charge in [-0.1, -0.05) is 0 Å². The number of nitrogens with zero attached hydrogens (tertiary/aromatic N) is 2. The maximum Gasteiger partial charge on any atom is 0.248 e. The molecular formula is C17H26N2O4. The molecule has 6 nitrogen and oxygen atoms in total. The number of methoxy groups -OCH3 is 1.